The molecule has 0 saturated carbocycles. The number of likely N-dealkylation sites (tertiary alicyclic amines) is 1. The molecule has 3 heteroatoms. The van der Waals surface area contributed by atoms with Crippen molar-refractivity contribution in [2.75, 3.05) is 13.1 Å². The summed E-state index contributed by atoms with van der Waals surface area (Å²) >= 11 is 0. The van der Waals surface area contributed by atoms with Gasteiger partial charge in [0.25, 0.3) is 0 Å². The van der Waals surface area contributed by atoms with Gasteiger partial charge in [-0.25, -0.2) is 0 Å². The standard InChI is InChI=1S/C14H28N2O/c1-2-3-4-7-10-14(17)16-11-8-5-6-9-13(16)12-15/h13H,2-12,15H2,1H3. The van der Waals surface area contributed by atoms with E-state index in [1.54, 1.807) is 0 Å². The molecule has 0 radical (unpaired) electrons. The van der Waals surface area contributed by atoms with Crippen molar-refractivity contribution in [2.45, 2.75) is 70.8 Å². The third kappa shape index (κ3) is 5.07. The van der Waals surface area contributed by atoms with Crippen LogP contribution in [0.15, 0.2) is 0 Å². The molecule has 2 N–H and O–H groups in total. The van der Waals surface area contributed by atoms with E-state index in [-0.39, 0.29) is 0 Å². The molecule has 1 rings (SSSR count). The predicted octanol–water partition coefficient (Wildman–Crippen LogP) is 2.69. The summed E-state index contributed by atoms with van der Waals surface area (Å²) < 4.78 is 0. The maximum absolute atomic E-state index is 12.2. The van der Waals surface area contributed by atoms with Crippen molar-refractivity contribution in [1.29, 1.82) is 0 Å². The van der Waals surface area contributed by atoms with E-state index in [4.69, 9.17) is 5.73 Å². The van der Waals surface area contributed by atoms with Crippen LogP contribution in [0.5, 0.6) is 0 Å². The first-order chi connectivity index (χ1) is 8.29. The summed E-state index contributed by atoms with van der Waals surface area (Å²) in [6.07, 6.45) is 10.1. The molecule has 0 spiro atoms. The summed E-state index contributed by atoms with van der Waals surface area (Å²) in [7, 11) is 0. The minimum atomic E-state index is 0.302. The number of nitrogens with two attached hydrogens (primary N) is 1. The van der Waals surface area contributed by atoms with Gasteiger partial charge in [0.2, 0.25) is 5.91 Å². The first kappa shape index (κ1) is 14.5. The number of rotatable bonds is 6. The Balaban J connectivity index is 2.35. The topological polar surface area (TPSA) is 46.3 Å². The van der Waals surface area contributed by atoms with Crippen LogP contribution in [0.25, 0.3) is 0 Å². The van der Waals surface area contributed by atoms with E-state index in [0.29, 0.717) is 18.5 Å². The van der Waals surface area contributed by atoms with Gasteiger partial charge in [-0.05, 0) is 19.3 Å². The number of unbranched alkanes of at least 4 members (excludes halogenated alkanes) is 3. The molecule has 1 saturated heterocycles. The molecule has 1 fully saturated rings. The molecule has 1 unspecified atom stereocenters. The van der Waals surface area contributed by atoms with Crippen molar-refractivity contribution in [3.63, 3.8) is 0 Å². The smallest absolute Gasteiger partial charge is 0.222 e. The summed E-state index contributed by atoms with van der Waals surface area (Å²) in [5.74, 6) is 0.332. The van der Waals surface area contributed by atoms with Crippen molar-refractivity contribution in [3.8, 4) is 0 Å². The zero-order valence-corrected chi connectivity index (χ0v) is 11.3. The van der Waals surface area contributed by atoms with Crippen LogP contribution in [0.4, 0.5) is 0 Å². The highest BCUT2D eigenvalue weighted by molar-refractivity contribution is 5.76. The average Bonchev–Trinajstić information content (AvgIpc) is 2.59. The van der Waals surface area contributed by atoms with Gasteiger partial charge in [0.15, 0.2) is 0 Å². The Labute approximate surface area is 106 Å². The summed E-state index contributed by atoms with van der Waals surface area (Å²) in [5.41, 5.74) is 5.78. The zero-order chi connectivity index (χ0) is 12.5. The zero-order valence-electron chi connectivity index (χ0n) is 11.3. The third-order valence-electron chi connectivity index (χ3n) is 3.71. The third-order valence-corrected chi connectivity index (χ3v) is 3.71. The molecule has 0 aromatic carbocycles. The van der Waals surface area contributed by atoms with Crippen LogP contribution < -0.4 is 5.73 Å². The second-order valence-corrected chi connectivity index (χ2v) is 5.14. The Hall–Kier alpha value is -0.570. The monoisotopic (exact) mass is 240 g/mol. The molecular weight excluding hydrogens is 212 g/mol. The van der Waals surface area contributed by atoms with E-state index in [2.05, 4.69) is 11.8 Å². The Morgan fingerprint density at radius 3 is 2.76 bits per heavy atom. The van der Waals surface area contributed by atoms with Gasteiger partial charge in [0.05, 0.1) is 0 Å². The van der Waals surface area contributed by atoms with Crippen molar-refractivity contribution in [3.05, 3.63) is 0 Å². The van der Waals surface area contributed by atoms with Crippen LogP contribution in [0.1, 0.15) is 64.7 Å². The summed E-state index contributed by atoms with van der Waals surface area (Å²) in [6, 6.07) is 0.302. The van der Waals surface area contributed by atoms with Crippen molar-refractivity contribution in [1.82, 2.24) is 4.90 Å². The molecule has 0 aromatic rings. The summed E-state index contributed by atoms with van der Waals surface area (Å²) in [6.45, 7) is 3.75. The van der Waals surface area contributed by atoms with Gasteiger partial charge in [0.1, 0.15) is 0 Å². The molecule has 1 aliphatic rings. The molecule has 17 heavy (non-hydrogen) atoms. The summed E-state index contributed by atoms with van der Waals surface area (Å²) in [5, 5.41) is 0. The lowest BCUT2D eigenvalue weighted by molar-refractivity contribution is -0.133. The number of hydrogen-bond donors (Lipinski definition) is 1. The maximum Gasteiger partial charge on any atom is 0.222 e. The molecule has 3 nitrogen and oxygen atoms in total. The largest absolute Gasteiger partial charge is 0.338 e. The number of carbonyl (C=O) groups is 1. The number of hydrogen-bond acceptors (Lipinski definition) is 2. The lowest BCUT2D eigenvalue weighted by Gasteiger charge is -2.29. The SMILES string of the molecule is CCCCCCC(=O)N1CCCCCC1CN. The van der Waals surface area contributed by atoms with Crippen molar-refractivity contribution < 1.29 is 4.79 Å². The van der Waals surface area contributed by atoms with Crippen LogP contribution in [0.2, 0.25) is 0 Å². The molecule has 0 bridgehead atoms. The Bertz CT molecular complexity index is 218. The maximum atomic E-state index is 12.2. The minimum absolute atomic E-state index is 0.302. The van der Waals surface area contributed by atoms with Gasteiger partial charge in [-0.3, -0.25) is 4.79 Å². The quantitative estimate of drug-likeness (QED) is 0.726. The fourth-order valence-corrected chi connectivity index (χ4v) is 2.60. The molecule has 0 aliphatic carbocycles. The van der Waals surface area contributed by atoms with Gasteiger partial charge in [-0.15, -0.1) is 0 Å². The van der Waals surface area contributed by atoms with Crippen LogP contribution in [-0.4, -0.2) is 29.9 Å². The highest BCUT2D eigenvalue weighted by Gasteiger charge is 2.23. The Morgan fingerprint density at radius 2 is 2.06 bits per heavy atom. The molecule has 100 valence electrons. The van der Waals surface area contributed by atoms with Crippen LogP contribution in [0.3, 0.4) is 0 Å². The second kappa shape index (κ2) is 8.51. The molecule has 1 atom stereocenters. The van der Waals surface area contributed by atoms with Gasteiger partial charge in [-0.1, -0.05) is 39.0 Å². The highest BCUT2D eigenvalue weighted by atomic mass is 16.2. The average molecular weight is 240 g/mol. The first-order valence-electron chi connectivity index (χ1n) is 7.29. The predicted molar refractivity (Wildman–Crippen MR) is 71.8 cm³/mol. The fraction of sp³-hybridized carbons (Fsp3) is 0.929. The van der Waals surface area contributed by atoms with E-state index >= 15 is 0 Å². The van der Waals surface area contributed by atoms with E-state index in [1.807, 2.05) is 0 Å². The number of carbonyl (C=O) groups excluding carboxylic acids is 1. The summed E-state index contributed by atoms with van der Waals surface area (Å²) in [4.78, 5) is 14.2. The Morgan fingerprint density at radius 1 is 1.24 bits per heavy atom. The molecule has 1 heterocycles. The van der Waals surface area contributed by atoms with Gasteiger partial charge in [-0.2, -0.15) is 0 Å². The van der Waals surface area contributed by atoms with E-state index in [0.717, 1.165) is 32.2 Å². The lowest BCUT2D eigenvalue weighted by Crippen LogP contribution is -2.44. The molecule has 1 aliphatic heterocycles. The fourth-order valence-electron chi connectivity index (χ4n) is 2.60. The normalized spacial score (nSPS) is 21.3. The first-order valence-corrected chi connectivity index (χ1v) is 7.29. The molecule has 1 amide bonds. The van der Waals surface area contributed by atoms with Crippen LogP contribution in [0, 0.1) is 0 Å². The van der Waals surface area contributed by atoms with Gasteiger partial charge >= 0.3 is 0 Å². The second-order valence-electron chi connectivity index (χ2n) is 5.14. The van der Waals surface area contributed by atoms with Crippen molar-refractivity contribution in [2.24, 2.45) is 5.73 Å². The highest BCUT2D eigenvalue weighted by Crippen LogP contribution is 2.18. The minimum Gasteiger partial charge on any atom is -0.338 e. The van der Waals surface area contributed by atoms with Crippen molar-refractivity contribution >= 4 is 5.91 Å². The van der Waals surface area contributed by atoms with Gasteiger partial charge in [0, 0.05) is 25.6 Å². The number of amides is 1. The van der Waals surface area contributed by atoms with E-state index in [1.165, 1.54) is 32.1 Å². The van der Waals surface area contributed by atoms with Crippen LogP contribution in [-0.2, 0) is 4.79 Å². The van der Waals surface area contributed by atoms with Gasteiger partial charge < -0.3 is 10.6 Å². The van der Waals surface area contributed by atoms with E-state index < -0.39 is 0 Å². The molecule has 0 aromatic heterocycles. The molecular formula is C14H28N2O. The lowest BCUT2D eigenvalue weighted by atomic mass is 10.1. The Kier molecular flexibility index (Phi) is 7.25. The van der Waals surface area contributed by atoms with Crippen LogP contribution >= 0.6 is 0 Å². The van der Waals surface area contributed by atoms with E-state index in [9.17, 15) is 4.79 Å². The number of nitrogens with zero attached hydrogens (tertiary/aromatic N) is 1.